The number of hydrogen-bond acceptors (Lipinski definition) is 5. The number of hydrogen-bond donors (Lipinski definition) is 1. The molecule has 1 N–H and O–H groups in total. The van der Waals surface area contributed by atoms with E-state index in [-0.39, 0.29) is 19.3 Å². The van der Waals surface area contributed by atoms with Crippen LogP contribution in [0.4, 0.5) is 0 Å². The van der Waals surface area contributed by atoms with Crippen LogP contribution in [0.5, 0.6) is 23.0 Å². The molecule has 0 spiro atoms. The van der Waals surface area contributed by atoms with Crippen molar-refractivity contribution in [3.8, 4) is 23.0 Å². The number of carboxylic acid groups (broad SMARTS) is 1. The van der Waals surface area contributed by atoms with Crippen molar-refractivity contribution in [2.75, 3.05) is 20.5 Å². The number of aliphatic carboxylic acids is 1. The van der Waals surface area contributed by atoms with Gasteiger partial charge in [0, 0.05) is 17.5 Å². The molecule has 0 saturated carbocycles. The topological polar surface area (TPSA) is 74.2 Å². The third-order valence-electron chi connectivity index (χ3n) is 3.93. The van der Waals surface area contributed by atoms with E-state index in [4.69, 9.17) is 24.1 Å². The molecule has 1 atom stereocenters. The van der Waals surface area contributed by atoms with Gasteiger partial charge in [-0.3, -0.25) is 0 Å². The highest BCUT2D eigenvalue weighted by molar-refractivity contribution is 5.68. The van der Waals surface area contributed by atoms with Crippen LogP contribution in [0.25, 0.3) is 0 Å². The molecule has 3 rings (SSSR count). The monoisotopic (exact) mass is 330 g/mol. The average molecular weight is 330 g/mol. The second-order valence-electron chi connectivity index (χ2n) is 5.42. The molecular formula is C18H18O6. The van der Waals surface area contributed by atoms with Gasteiger partial charge in [0.25, 0.3) is 0 Å². The lowest BCUT2D eigenvalue weighted by atomic mass is 9.92. The zero-order valence-corrected chi connectivity index (χ0v) is 13.4. The maximum atomic E-state index is 10.5. The van der Waals surface area contributed by atoms with E-state index in [1.165, 1.54) is 0 Å². The summed E-state index contributed by atoms with van der Waals surface area (Å²) in [5.41, 5.74) is 2.04. The lowest BCUT2D eigenvalue weighted by Gasteiger charge is -2.17. The van der Waals surface area contributed by atoms with Crippen LogP contribution in [0, 0.1) is 0 Å². The van der Waals surface area contributed by atoms with Gasteiger partial charge in [-0.05, 0) is 23.8 Å². The number of benzene rings is 2. The molecule has 1 aliphatic rings. The summed E-state index contributed by atoms with van der Waals surface area (Å²) in [6.07, 6.45) is 0. The molecule has 0 radical (unpaired) electrons. The van der Waals surface area contributed by atoms with E-state index in [9.17, 15) is 4.79 Å². The molecule has 0 amide bonds. The SMILES string of the molecule is COc1cc2c(cc1C(C)c1ccc(OCC(=O)O)cc1)OCO2. The summed E-state index contributed by atoms with van der Waals surface area (Å²) in [6.45, 7) is 1.92. The summed E-state index contributed by atoms with van der Waals surface area (Å²) in [5.74, 6) is 1.70. The molecule has 0 bridgehead atoms. The van der Waals surface area contributed by atoms with Gasteiger partial charge in [0.2, 0.25) is 6.79 Å². The van der Waals surface area contributed by atoms with Crippen molar-refractivity contribution < 1.29 is 28.8 Å². The Morgan fingerprint density at radius 1 is 1.21 bits per heavy atom. The standard InChI is InChI=1S/C18H18O6/c1-11(12-3-5-13(6-4-12)22-9-18(19)20)14-7-16-17(24-10-23-16)8-15(14)21-2/h3-8,11H,9-10H2,1-2H3,(H,19,20). The van der Waals surface area contributed by atoms with Gasteiger partial charge in [-0.2, -0.15) is 0 Å². The van der Waals surface area contributed by atoms with Crippen molar-refractivity contribution in [2.45, 2.75) is 12.8 Å². The molecule has 0 saturated heterocycles. The highest BCUT2D eigenvalue weighted by Gasteiger charge is 2.21. The van der Waals surface area contributed by atoms with E-state index < -0.39 is 5.97 Å². The number of ether oxygens (including phenoxy) is 4. The second-order valence-corrected chi connectivity index (χ2v) is 5.42. The van der Waals surface area contributed by atoms with Crippen molar-refractivity contribution in [1.29, 1.82) is 0 Å². The Morgan fingerprint density at radius 3 is 2.50 bits per heavy atom. The van der Waals surface area contributed by atoms with E-state index in [1.807, 2.05) is 24.3 Å². The minimum absolute atomic E-state index is 0.0583. The van der Waals surface area contributed by atoms with Gasteiger partial charge in [0.1, 0.15) is 11.5 Å². The first-order chi connectivity index (χ1) is 11.6. The van der Waals surface area contributed by atoms with Crippen LogP contribution in [-0.2, 0) is 4.79 Å². The highest BCUT2D eigenvalue weighted by Crippen LogP contribution is 2.42. The maximum Gasteiger partial charge on any atom is 0.341 e. The quantitative estimate of drug-likeness (QED) is 0.877. The van der Waals surface area contributed by atoms with Gasteiger partial charge in [-0.25, -0.2) is 4.79 Å². The van der Waals surface area contributed by atoms with Crippen LogP contribution in [0.3, 0.4) is 0 Å². The van der Waals surface area contributed by atoms with E-state index in [0.29, 0.717) is 17.2 Å². The predicted octanol–water partition coefficient (Wildman–Crippen LogP) is 3.04. The van der Waals surface area contributed by atoms with E-state index in [0.717, 1.165) is 16.9 Å². The Balaban J connectivity index is 1.83. The van der Waals surface area contributed by atoms with Crippen molar-refractivity contribution in [2.24, 2.45) is 0 Å². The molecule has 0 fully saturated rings. The second kappa shape index (κ2) is 6.70. The van der Waals surface area contributed by atoms with Crippen LogP contribution in [0.1, 0.15) is 24.0 Å². The average Bonchev–Trinajstić information content (AvgIpc) is 3.06. The lowest BCUT2D eigenvalue weighted by Crippen LogP contribution is -2.09. The molecule has 1 aliphatic heterocycles. The van der Waals surface area contributed by atoms with Crippen molar-refractivity contribution in [3.63, 3.8) is 0 Å². The number of carbonyl (C=O) groups is 1. The first-order valence-corrected chi connectivity index (χ1v) is 7.50. The van der Waals surface area contributed by atoms with Gasteiger partial charge in [0.15, 0.2) is 18.1 Å². The molecule has 1 heterocycles. The summed E-state index contributed by atoms with van der Waals surface area (Å²) in [7, 11) is 1.62. The summed E-state index contributed by atoms with van der Waals surface area (Å²) < 4.78 is 21.5. The molecule has 24 heavy (non-hydrogen) atoms. The fourth-order valence-electron chi connectivity index (χ4n) is 2.63. The minimum Gasteiger partial charge on any atom is -0.496 e. The smallest absolute Gasteiger partial charge is 0.341 e. The molecule has 2 aromatic rings. The predicted molar refractivity (Wildman–Crippen MR) is 86.2 cm³/mol. The largest absolute Gasteiger partial charge is 0.496 e. The molecule has 1 unspecified atom stereocenters. The van der Waals surface area contributed by atoms with Crippen LogP contribution >= 0.6 is 0 Å². The molecule has 6 nitrogen and oxygen atoms in total. The number of methoxy groups -OCH3 is 1. The third-order valence-corrected chi connectivity index (χ3v) is 3.93. The maximum absolute atomic E-state index is 10.5. The molecule has 6 heteroatoms. The first kappa shape index (κ1) is 16.0. The van der Waals surface area contributed by atoms with E-state index in [2.05, 4.69) is 6.92 Å². The van der Waals surface area contributed by atoms with Crippen LogP contribution in [-0.4, -0.2) is 31.6 Å². The van der Waals surface area contributed by atoms with Gasteiger partial charge in [0.05, 0.1) is 7.11 Å². The minimum atomic E-state index is -1.00. The van der Waals surface area contributed by atoms with E-state index in [1.54, 1.807) is 19.2 Å². The zero-order chi connectivity index (χ0) is 17.1. The third kappa shape index (κ3) is 3.22. The number of carboxylic acids is 1. The van der Waals surface area contributed by atoms with Gasteiger partial charge in [-0.15, -0.1) is 0 Å². The fourth-order valence-corrected chi connectivity index (χ4v) is 2.63. The summed E-state index contributed by atoms with van der Waals surface area (Å²) in [4.78, 5) is 10.5. The van der Waals surface area contributed by atoms with Crippen LogP contribution in [0.15, 0.2) is 36.4 Å². The molecular weight excluding hydrogens is 312 g/mol. The van der Waals surface area contributed by atoms with Crippen molar-refractivity contribution in [3.05, 3.63) is 47.5 Å². The van der Waals surface area contributed by atoms with Crippen molar-refractivity contribution in [1.82, 2.24) is 0 Å². The Morgan fingerprint density at radius 2 is 1.88 bits per heavy atom. The summed E-state index contributed by atoms with van der Waals surface area (Å²) in [6, 6.07) is 11.1. The highest BCUT2D eigenvalue weighted by atomic mass is 16.7. The Labute approximate surface area is 139 Å². The summed E-state index contributed by atoms with van der Waals surface area (Å²) >= 11 is 0. The summed E-state index contributed by atoms with van der Waals surface area (Å²) in [5, 5.41) is 8.64. The number of rotatable bonds is 6. The lowest BCUT2D eigenvalue weighted by molar-refractivity contribution is -0.139. The molecule has 0 aliphatic carbocycles. The van der Waals surface area contributed by atoms with Gasteiger partial charge < -0.3 is 24.1 Å². The van der Waals surface area contributed by atoms with Gasteiger partial charge >= 0.3 is 5.97 Å². The van der Waals surface area contributed by atoms with Gasteiger partial charge in [-0.1, -0.05) is 19.1 Å². The molecule has 0 aromatic heterocycles. The van der Waals surface area contributed by atoms with Crippen LogP contribution < -0.4 is 18.9 Å². The van der Waals surface area contributed by atoms with Crippen molar-refractivity contribution >= 4 is 5.97 Å². The number of fused-ring (bicyclic) bond motifs is 1. The Bertz CT molecular complexity index is 738. The normalized spacial score (nSPS) is 13.4. The van der Waals surface area contributed by atoms with E-state index >= 15 is 0 Å². The fraction of sp³-hybridized carbons (Fsp3) is 0.278. The molecule has 2 aromatic carbocycles. The Kier molecular flexibility index (Phi) is 4.46. The zero-order valence-electron chi connectivity index (χ0n) is 13.4. The Hall–Kier alpha value is -2.89. The first-order valence-electron chi connectivity index (χ1n) is 7.50. The van der Waals surface area contributed by atoms with Crippen LogP contribution in [0.2, 0.25) is 0 Å². The molecule has 126 valence electrons.